The molecule has 1 nitrogen and oxygen atoms in total. The number of hydrogen-bond donors (Lipinski definition) is 1. The van der Waals surface area contributed by atoms with Crippen LogP contribution in [0.15, 0.2) is 24.3 Å². The number of rotatable bonds is 1. The first-order chi connectivity index (χ1) is 8.05. The minimum atomic E-state index is 0.273. The molecule has 1 N–H and O–H groups in total. The van der Waals surface area contributed by atoms with Crippen LogP contribution in [-0.2, 0) is 5.41 Å². The molecule has 1 saturated carbocycles. The van der Waals surface area contributed by atoms with Crippen molar-refractivity contribution in [3.05, 3.63) is 35.4 Å². The van der Waals surface area contributed by atoms with Crippen LogP contribution >= 0.6 is 0 Å². The molecule has 0 spiro atoms. The Kier molecular flexibility index (Phi) is 2.55. The summed E-state index contributed by atoms with van der Waals surface area (Å²) in [5.41, 5.74) is 3.28. The summed E-state index contributed by atoms with van der Waals surface area (Å²) < 4.78 is 0. The van der Waals surface area contributed by atoms with Crippen molar-refractivity contribution in [2.45, 2.75) is 51.0 Å². The average molecular weight is 229 g/mol. The molecule has 1 heteroatoms. The summed E-state index contributed by atoms with van der Waals surface area (Å²) in [5.74, 6) is 1.74. The van der Waals surface area contributed by atoms with Gasteiger partial charge in [-0.3, -0.25) is 0 Å². The lowest BCUT2D eigenvalue weighted by Crippen LogP contribution is -2.28. The van der Waals surface area contributed by atoms with Gasteiger partial charge in [0.15, 0.2) is 0 Å². The highest BCUT2D eigenvalue weighted by atomic mass is 15.0. The van der Waals surface area contributed by atoms with Crippen LogP contribution in [-0.4, -0.2) is 12.6 Å². The molecule has 0 radical (unpaired) electrons. The molecule has 3 rings (SSSR count). The van der Waals surface area contributed by atoms with Crippen LogP contribution in [0.1, 0.15) is 50.7 Å². The van der Waals surface area contributed by atoms with Crippen molar-refractivity contribution in [3.8, 4) is 0 Å². The number of hydrogen-bond acceptors (Lipinski definition) is 1. The monoisotopic (exact) mass is 229 g/mol. The van der Waals surface area contributed by atoms with Gasteiger partial charge in [-0.2, -0.15) is 0 Å². The Hall–Kier alpha value is -0.820. The van der Waals surface area contributed by atoms with E-state index in [-0.39, 0.29) is 5.41 Å². The van der Waals surface area contributed by atoms with Crippen LogP contribution in [0.4, 0.5) is 0 Å². The van der Waals surface area contributed by atoms with Crippen molar-refractivity contribution in [3.63, 3.8) is 0 Å². The third-order valence-corrected chi connectivity index (χ3v) is 4.42. The van der Waals surface area contributed by atoms with E-state index in [0.717, 1.165) is 17.9 Å². The first kappa shape index (κ1) is 11.3. The third kappa shape index (κ3) is 2.13. The molecule has 0 unspecified atom stereocenters. The molecular weight excluding hydrogens is 206 g/mol. The molecule has 1 aliphatic carbocycles. The van der Waals surface area contributed by atoms with E-state index in [2.05, 4.69) is 50.4 Å². The fourth-order valence-corrected chi connectivity index (χ4v) is 3.18. The Morgan fingerprint density at radius 3 is 2.47 bits per heavy atom. The lowest BCUT2D eigenvalue weighted by Gasteiger charge is -2.24. The quantitative estimate of drug-likeness (QED) is 0.777. The van der Waals surface area contributed by atoms with Crippen molar-refractivity contribution in [2.75, 3.05) is 6.54 Å². The average Bonchev–Trinajstić information content (AvgIpc) is 3.06. The van der Waals surface area contributed by atoms with Gasteiger partial charge in [0, 0.05) is 6.04 Å². The predicted octanol–water partition coefficient (Wildman–Crippen LogP) is 3.45. The summed E-state index contributed by atoms with van der Waals surface area (Å²) in [6.07, 6.45) is 2.71. The number of fused-ring (bicyclic) bond motifs is 1. The van der Waals surface area contributed by atoms with Gasteiger partial charge in [0.05, 0.1) is 0 Å². The molecule has 1 aromatic rings. The molecule has 1 heterocycles. The summed E-state index contributed by atoms with van der Waals surface area (Å²) in [5, 5.41) is 3.59. The van der Waals surface area contributed by atoms with Crippen molar-refractivity contribution < 1.29 is 0 Å². The van der Waals surface area contributed by atoms with E-state index < -0.39 is 0 Å². The van der Waals surface area contributed by atoms with Gasteiger partial charge in [-0.1, -0.05) is 45.0 Å². The van der Waals surface area contributed by atoms with Gasteiger partial charge in [0.2, 0.25) is 0 Å². The lowest BCUT2D eigenvalue weighted by atomic mass is 9.83. The van der Waals surface area contributed by atoms with Crippen LogP contribution in [0.25, 0.3) is 0 Å². The zero-order chi connectivity index (χ0) is 12.0. The maximum Gasteiger partial charge on any atom is 0.0105 e. The van der Waals surface area contributed by atoms with Gasteiger partial charge in [-0.05, 0) is 47.8 Å². The lowest BCUT2D eigenvalue weighted by molar-refractivity contribution is 0.443. The molecule has 2 aliphatic rings. The van der Waals surface area contributed by atoms with Crippen molar-refractivity contribution in [2.24, 2.45) is 5.92 Å². The highest BCUT2D eigenvalue weighted by molar-refractivity contribution is 5.31. The fourth-order valence-electron chi connectivity index (χ4n) is 3.18. The van der Waals surface area contributed by atoms with Crippen LogP contribution in [0.2, 0.25) is 0 Å². The minimum Gasteiger partial charge on any atom is -0.314 e. The molecule has 1 aliphatic heterocycles. The molecule has 1 saturated heterocycles. The Labute approximate surface area is 105 Å². The Bertz CT molecular complexity index is 399. The second-order valence-electron chi connectivity index (χ2n) is 6.73. The van der Waals surface area contributed by atoms with E-state index >= 15 is 0 Å². The second kappa shape index (κ2) is 3.84. The molecule has 17 heavy (non-hydrogen) atoms. The van der Waals surface area contributed by atoms with E-state index in [4.69, 9.17) is 0 Å². The zero-order valence-corrected chi connectivity index (χ0v) is 11.2. The first-order valence-corrected chi connectivity index (χ1v) is 6.89. The minimum absolute atomic E-state index is 0.273. The largest absolute Gasteiger partial charge is 0.314 e. The SMILES string of the molecule is CC(C)(C)c1ccc([C@H]2CCN[C@@H]3C[C@H]23)cc1. The van der Waals surface area contributed by atoms with Crippen LogP contribution in [0.3, 0.4) is 0 Å². The number of nitrogens with one attached hydrogen (secondary N) is 1. The van der Waals surface area contributed by atoms with Gasteiger partial charge < -0.3 is 5.32 Å². The van der Waals surface area contributed by atoms with Crippen molar-refractivity contribution >= 4 is 0 Å². The number of benzene rings is 1. The van der Waals surface area contributed by atoms with Crippen molar-refractivity contribution in [1.29, 1.82) is 0 Å². The van der Waals surface area contributed by atoms with E-state index in [1.807, 2.05) is 0 Å². The maximum atomic E-state index is 3.59. The van der Waals surface area contributed by atoms with Crippen LogP contribution in [0, 0.1) is 5.92 Å². The molecule has 0 bridgehead atoms. The van der Waals surface area contributed by atoms with E-state index in [1.54, 1.807) is 5.56 Å². The van der Waals surface area contributed by atoms with E-state index in [9.17, 15) is 0 Å². The smallest absolute Gasteiger partial charge is 0.0105 e. The van der Waals surface area contributed by atoms with Gasteiger partial charge in [-0.25, -0.2) is 0 Å². The van der Waals surface area contributed by atoms with Crippen LogP contribution < -0.4 is 5.32 Å². The van der Waals surface area contributed by atoms with E-state index in [1.165, 1.54) is 24.9 Å². The normalized spacial score (nSPS) is 32.1. The predicted molar refractivity (Wildman–Crippen MR) is 72.4 cm³/mol. The first-order valence-electron chi connectivity index (χ1n) is 6.89. The number of piperidine rings is 1. The zero-order valence-electron chi connectivity index (χ0n) is 11.2. The van der Waals surface area contributed by atoms with Gasteiger partial charge >= 0.3 is 0 Å². The molecule has 92 valence electrons. The summed E-state index contributed by atoms with van der Waals surface area (Å²) >= 11 is 0. The van der Waals surface area contributed by atoms with Gasteiger partial charge in [0.25, 0.3) is 0 Å². The van der Waals surface area contributed by atoms with Gasteiger partial charge in [-0.15, -0.1) is 0 Å². The molecular formula is C16H23N. The Morgan fingerprint density at radius 2 is 1.82 bits per heavy atom. The van der Waals surface area contributed by atoms with Gasteiger partial charge in [0.1, 0.15) is 0 Å². The topological polar surface area (TPSA) is 12.0 Å². The summed E-state index contributed by atoms with van der Waals surface area (Å²) in [4.78, 5) is 0. The second-order valence-corrected chi connectivity index (χ2v) is 6.73. The Balaban J connectivity index is 1.80. The maximum absolute atomic E-state index is 3.59. The van der Waals surface area contributed by atoms with Crippen LogP contribution in [0.5, 0.6) is 0 Å². The molecule has 1 aromatic carbocycles. The van der Waals surface area contributed by atoms with Crippen molar-refractivity contribution in [1.82, 2.24) is 5.32 Å². The summed E-state index contributed by atoms with van der Waals surface area (Å²) in [6.45, 7) is 8.04. The molecule has 0 amide bonds. The van der Waals surface area contributed by atoms with E-state index in [0.29, 0.717) is 0 Å². The highest BCUT2D eigenvalue weighted by Crippen LogP contribution is 2.47. The standard InChI is InChI=1S/C16H23N/c1-16(2,3)12-6-4-11(5-7-12)13-8-9-17-15-10-14(13)15/h4-7,13-15,17H,8-10H2,1-3H3/t13-,14-,15-/m1/s1. The third-order valence-electron chi connectivity index (χ3n) is 4.42. The fraction of sp³-hybridized carbons (Fsp3) is 0.625. The summed E-state index contributed by atoms with van der Waals surface area (Å²) in [6, 6.07) is 10.2. The highest BCUT2D eigenvalue weighted by Gasteiger charge is 2.45. The Morgan fingerprint density at radius 1 is 1.12 bits per heavy atom. The molecule has 0 aromatic heterocycles. The molecule has 2 fully saturated rings. The summed E-state index contributed by atoms with van der Waals surface area (Å²) in [7, 11) is 0. The molecule has 3 atom stereocenters.